The van der Waals surface area contributed by atoms with Crippen LogP contribution in [-0.2, 0) is 24.2 Å². The summed E-state index contributed by atoms with van der Waals surface area (Å²) in [7, 11) is 1.38. The summed E-state index contributed by atoms with van der Waals surface area (Å²) in [6.45, 7) is 3.98. The summed E-state index contributed by atoms with van der Waals surface area (Å²) in [5.74, 6) is -0.544. The molecule has 0 saturated carbocycles. The molecule has 1 aliphatic carbocycles. The molecule has 1 heterocycles. The number of hydrogen-bond donors (Lipinski definition) is 1. The fraction of sp³-hybridized carbons (Fsp3) is 0.308. The van der Waals surface area contributed by atoms with Gasteiger partial charge in [0.1, 0.15) is 5.82 Å². The highest BCUT2D eigenvalue weighted by molar-refractivity contribution is 5.91. The van der Waals surface area contributed by atoms with Crippen LogP contribution in [0.5, 0.6) is 0 Å². The highest BCUT2D eigenvalue weighted by Crippen LogP contribution is 2.41. The molecule has 1 aromatic heterocycles. The number of fused-ring (bicyclic) bond motifs is 3. The molecule has 0 radical (unpaired) electrons. The van der Waals surface area contributed by atoms with Crippen LogP contribution in [0.2, 0.25) is 0 Å². The van der Waals surface area contributed by atoms with Crippen LogP contribution in [0.3, 0.4) is 0 Å². The number of ether oxygens (including phenoxy) is 1. The van der Waals surface area contributed by atoms with Crippen LogP contribution >= 0.6 is 0 Å². The minimum Gasteiger partial charge on any atom is -0.465 e. The Bertz CT molecular complexity index is 1140. The number of methoxy groups -OCH3 is 1. The van der Waals surface area contributed by atoms with E-state index in [9.17, 15) is 14.3 Å². The lowest BCUT2D eigenvalue weighted by Gasteiger charge is -2.22. The van der Waals surface area contributed by atoms with E-state index in [1.54, 1.807) is 18.2 Å². The molecule has 4 rings (SSSR count). The maximum Gasteiger partial charge on any atom is 0.337 e. The topological polar surface area (TPSA) is 59.4 Å². The van der Waals surface area contributed by atoms with E-state index in [1.165, 1.54) is 19.2 Å². The molecule has 5 heteroatoms. The van der Waals surface area contributed by atoms with Gasteiger partial charge >= 0.3 is 5.97 Å². The van der Waals surface area contributed by atoms with Crippen molar-refractivity contribution in [1.82, 2.24) is 4.98 Å². The molecule has 160 valence electrons. The molecule has 1 aliphatic rings. The van der Waals surface area contributed by atoms with Crippen LogP contribution in [0.15, 0.2) is 42.5 Å². The molecule has 0 amide bonds. The second kappa shape index (κ2) is 8.60. The number of benzene rings is 2. The number of nitrogens with zero attached hydrogens (tertiary/aromatic N) is 1. The van der Waals surface area contributed by atoms with Gasteiger partial charge in [0.05, 0.1) is 25.0 Å². The van der Waals surface area contributed by atoms with E-state index >= 15 is 0 Å². The molecule has 0 spiro atoms. The molecule has 0 saturated heterocycles. The summed E-state index contributed by atoms with van der Waals surface area (Å²) in [5.41, 5.74) is 7.98. The smallest absolute Gasteiger partial charge is 0.337 e. The van der Waals surface area contributed by atoms with Gasteiger partial charge in [0.15, 0.2) is 0 Å². The highest BCUT2D eigenvalue weighted by Gasteiger charge is 2.26. The minimum atomic E-state index is -0.356. The van der Waals surface area contributed by atoms with Crippen LogP contribution in [-0.4, -0.2) is 23.2 Å². The third kappa shape index (κ3) is 3.86. The van der Waals surface area contributed by atoms with E-state index in [4.69, 9.17) is 9.72 Å². The largest absolute Gasteiger partial charge is 0.465 e. The van der Waals surface area contributed by atoms with Gasteiger partial charge in [0.2, 0.25) is 0 Å². The first-order valence-corrected chi connectivity index (χ1v) is 10.6. The monoisotopic (exact) mass is 419 g/mol. The summed E-state index contributed by atoms with van der Waals surface area (Å²) in [5, 5.41) is 10.3. The Morgan fingerprint density at radius 3 is 2.55 bits per heavy atom. The van der Waals surface area contributed by atoms with Gasteiger partial charge in [-0.1, -0.05) is 32.0 Å². The summed E-state index contributed by atoms with van der Waals surface area (Å²) >= 11 is 0. The van der Waals surface area contributed by atoms with Gasteiger partial charge < -0.3 is 9.84 Å². The number of carbonyl (C=O) groups is 1. The van der Waals surface area contributed by atoms with Crippen LogP contribution in [0, 0.1) is 5.82 Å². The van der Waals surface area contributed by atoms with Crippen molar-refractivity contribution >= 4 is 5.97 Å². The third-order valence-electron chi connectivity index (χ3n) is 5.92. The lowest BCUT2D eigenvalue weighted by molar-refractivity contribution is 0.0600. The fourth-order valence-corrected chi connectivity index (χ4v) is 4.48. The number of hydrogen-bond acceptors (Lipinski definition) is 4. The molecule has 0 fully saturated rings. The molecule has 0 aliphatic heterocycles. The predicted molar refractivity (Wildman–Crippen MR) is 118 cm³/mol. The Labute approximate surface area is 181 Å². The maximum atomic E-state index is 13.6. The van der Waals surface area contributed by atoms with E-state index in [0.717, 1.165) is 64.0 Å². The van der Waals surface area contributed by atoms with Crippen LogP contribution in [0.4, 0.5) is 4.39 Å². The second-order valence-electron chi connectivity index (χ2n) is 8.21. The lowest BCUT2D eigenvalue weighted by Crippen LogP contribution is -2.09. The molecule has 3 aromatic rings. The highest BCUT2D eigenvalue weighted by atomic mass is 19.1. The van der Waals surface area contributed by atoms with Crippen molar-refractivity contribution in [3.63, 3.8) is 0 Å². The number of rotatable bonds is 4. The zero-order chi connectivity index (χ0) is 22.1. The SMILES string of the molecule is COC(=O)c1ccc2c(c1)CCCc1c-2nc(C(C)C)c(CO)c1-c1ccc(F)cc1. The van der Waals surface area contributed by atoms with Gasteiger partial charge in [-0.3, -0.25) is 4.98 Å². The third-order valence-corrected chi connectivity index (χ3v) is 5.92. The average molecular weight is 419 g/mol. The Hall–Kier alpha value is -3.05. The Balaban J connectivity index is 2.02. The molecule has 0 atom stereocenters. The van der Waals surface area contributed by atoms with Gasteiger partial charge in [0, 0.05) is 16.8 Å². The van der Waals surface area contributed by atoms with Crippen molar-refractivity contribution in [1.29, 1.82) is 0 Å². The number of pyridine rings is 1. The number of aromatic nitrogens is 1. The van der Waals surface area contributed by atoms with E-state index in [2.05, 4.69) is 13.8 Å². The van der Waals surface area contributed by atoms with Crippen molar-refractivity contribution in [2.45, 2.75) is 45.6 Å². The van der Waals surface area contributed by atoms with Gasteiger partial charge in [-0.25, -0.2) is 9.18 Å². The quantitative estimate of drug-likeness (QED) is 0.572. The Morgan fingerprint density at radius 1 is 1.16 bits per heavy atom. The average Bonchev–Trinajstić information content (AvgIpc) is 2.96. The summed E-state index contributed by atoms with van der Waals surface area (Å²) in [6, 6.07) is 12.0. The van der Waals surface area contributed by atoms with E-state index in [0.29, 0.717) is 5.56 Å². The zero-order valence-corrected chi connectivity index (χ0v) is 18.0. The number of aliphatic hydroxyl groups excluding tert-OH is 1. The normalized spacial score (nSPS) is 12.8. The minimum absolute atomic E-state index is 0.104. The van der Waals surface area contributed by atoms with Gasteiger partial charge in [0.25, 0.3) is 0 Å². The van der Waals surface area contributed by atoms with Crippen molar-refractivity contribution in [3.8, 4) is 22.4 Å². The number of aryl methyl sites for hydroxylation is 1. The first-order valence-electron chi connectivity index (χ1n) is 10.6. The van der Waals surface area contributed by atoms with Gasteiger partial charge in [-0.2, -0.15) is 0 Å². The molecule has 0 unspecified atom stereocenters. The zero-order valence-electron chi connectivity index (χ0n) is 18.0. The molecule has 31 heavy (non-hydrogen) atoms. The van der Waals surface area contributed by atoms with Crippen molar-refractivity contribution < 1.29 is 19.0 Å². The molecule has 1 N–H and O–H groups in total. The van der Waals surface area contributed by atoms with Crippen LogP contribution in [0.25, 0.3) is 22.4 Å². The van der Waals surface area contributed by atoms with E-state index in [-0.39, 0.29) is 24.3 Å². The van der Waals surface area contributed by atoms with Gasteiger partial charge in [-0.15, -0.1) is 0 Å². The summed E-state index contributed by atoms with van der Waals surface area (Å²) in [4.78, 5) is 17.1. The standard InChI is InChI=1S/C26H26FNO3/c1-15(2)24-22(14-29)23(16-7-10-19(27)11-8-16)21-6-4-5-17-13-18(26(30)31-3)9-12-20(17)25(21)28-24/h7-13,15,29H,4-6,14H2,1-3H3. The second-order valence-corrected chi connectivity index (χ2v) is 8.21. The molecule has 2 aromatic carbocycles. The van der Waals surface area contributed by atoms with E-state index in [1.807, 2.05) is 12.1 Å². The van der Waals surface area contributed by atoms with E-state index < -0.39 is 0 Å². The Morgan fingerprint density at radius 2 is 1.90 bits per heavy atom. The maximum absolute atomic E-state index is 13.6. The lowest BCUT2D eigenvalue weighted by atomic mass is 9.87. The fourth-order valence-electron chi connectivity index (χ4n) is 4.48. The molecular weight excluding hydrogens is 393 g/mol. The van der Waals surface area contributed by atoms with Crippen molar-refractivity contribution in [2.75, 3.05) is 7.11 Å². The first-order chi connectivity index (χ1) is 14.9. The number of halogens is 1. The van der Waals surface area contributed by atoms with Crippen molar-refractivity contribution in [3.05, 3.63) is 76.2 Å². The number of aliphatic hydroxyl groups is 1. The number of esters is 1. The molecular formula is C26H26FNO3. The Kier molecular flexibility index (Phi) is 5.88. The molecule has 0 bridgehead atoms. The number of carbonyl (C=O) groups excluding carboxylic acids is 1. The van der Waals surface area contributed by atoms with Gasteiger partial charge in [-0.05, 0) is 71.7 Å². The van der Waals surface area contributed by atoms with Crippen molar-refractivity contribution in [2.24, 2.45) is 0 Å². The predicted octanol–water partition coefficient (Wildman–Crippen LogP) is 5.45. The van der Waals surface area contributed by atoms with Crippen LogP contribution < -0.4 is 0 Å². The summed E-state index contributed by atoms with van der Waals surface area (Å²) in [6.07, 6.45) is 2.47. The molecule has 4 nitrogen and oxygen atoms in total. The van der Waals surface area contributed by atoms with Crippen LogP contribution in [0.1, 0.15) is 58.9 Å². The first kappa shape index (κ1) is 21.2. The summed E-state index contributed by atoms with van der Waals surface area (Å²) < 4.78 is 18.5.